The standard InChI is InChI=1S/C15H24O/c1-3-15(16)10-8-14(9-11-15)13-6-4-12(2)5-7-13/h1,12-14,16H,4-11H2,2H3. The van der Waals surface area contributed by atoms with Crippen LogP contribution >= 0.6 is 0 Å². The lowest BCUT2D eigenvalue weighted by Crippen LogP contribution is -2.35. The quantitative estimate of drug-likeness (QED) is 0.672. The first-order valence-corrected chi connectivity index (χ1v) is 6.83. The Bertz CT molecular complexity index is 260. The van der Waals surface area contributed by atoms with Crippen LogP contribution in [0, 0.1) is 30.1 Å². The highest BCUT2D eigenvalue weighted by Gasteiger charge is 2.35. The van der Waals surface area contributed by atoms with Gasteiger partial charge in [-0.05, 0) is 56.3 Å². The van der Waals surface area contributed by atoms with Crippen LogP contribution in [-0.2, 0) is 0 Å². The lowest BCUT2D eigenvalue weighted by atomic mass is 9.68. The van der Waals surface area contributed by atoms with Gasteiger partial charge >= 0.3 is 0 Å². The molecule has 16 heavy (non-hydrogen) atoms. The fourth-order valence-corrected chi connectivity index (χ4v) is 3.49. The lowest BCUT2D eigenvalue weighted by molar-refractivity contribution is 0.0264. The van der Waals surface area contributed by atoms with Crippen molar-refractivity contribution in [2.45, 2.75) is 63.9 Å². The molecule has 0 aromatic rings. The second-order valence-electron chi connectivity index (χ2n) is 6.03. The van der Waals surface area contributed by atoms with E-state index in [4.69, 9.17) is 6.42 Å². The molecule has 1 nitrogen and oxygen atoms in total. The molecule has 0 amide bonds. The van der Waals surface area contributed by atoms with Gasteiger partial charge in [0.25, 0.3) is 0 Å². The number of aliphatic hydroxyl groups is 1. The Morgan fingerprint density at radius 1 is 1.00 bits per heavy atom. The first kappa shape index (κ1) is 12.0. The molecule has 2 saturated carbocycles. The summed E-state index contributed by atoms with van der Waals surface area (Å²) in [4.78, 5) is 0. The molecule has 0 atom stereocenters. The van der Waals surface area contributed by atoms with E-state index in [1.807, 2.05) is 0 Å². The zero-order valence-electron chi connectivity index (χ0n) is 10.4. The van der Waals surface area contributed by atoms with Crippen LogP contribution in [0.3, 0.4) is 0 Å². The van der Waals surface area contributed by atoms with Crippen molar-refractivity contribution in [3.63, 3.8) is 0 Å². The van der Waals surface area contributed by atoms with E-state index in [1.54, 1.807) is 0 Å². The van der Waals surface area contributed by atoms with Crippen molar-refractivity contribution in [2.75, 3.05) is 0 Å². The van der Waals surface area contributed by atoms with E-state index < -0.39 is 5.60 Å². The minimum atomic E-state index is -0.779. The van der Waals surface area contributed by atoms with E-state index in [2.05, 4.69) is 12.8 Å². The number of hydrogen-bond acceptors (Lipinski definition) is 1. The third-order valence-corrected chi connectivity index (χ3v) is 4.85. The topological polar surface area (TPSA) is 20.2 Å². The molecule has 2 rings (SSSR count). The molecule has 0 bridgehead atoms. The van der Waals surface area contributed by atoms with Crippen molar-refractivity contribution >= 4 is 0 Å². The zero-order valence-corrected chi connectivity index (χ0v) is 10.4. The highest BCUT2D eigenvalue weighted by molar-refractivity contribution is 5.09. The molecular formula is C15H24O. The predicted octanol–water partition coefficient (Wildman–Crippen LogP) is 3.37. The van der Waals surface area contributed by atoms with Crippen molar-refractivity contribution in [2.24, 2.45) is 17.8 Å². The first-order chi connectivity index (χ1) is 7.63. The molecule has 1 heteroatoms. The van der Waals surface area contributed by atoms with Gasteiger partial charge in [0.1, 0.15) is 5.60 Å². The van der Waals surface area contributed by atoms with Gasteiger partial charge in [0.2, 0.25) is 0 Å². The minimum absolute atomic E-state index is 0.779. The van der Waals surface area contributed by atoms with Crippen molar-refractivity contribution in [1.29, 1.82) is 0 Å². The summed E-state index contributed by atoms with van der Waals surface area (Å²) in [7, 11) is 0. The van der Waals surface area contributed by atoms with Crippen LogP contribution in [0.5, 0.6) is 0 Å². The molecule has 2 aliphatic carbocycles. The molecule has 0 aliphatic heterocycles. The fourth-order valence-electron chi connectivity index (χ4n) is 3.49. The lowest BCUT2D eigenvalue weighted by Gasteiger charge is -2.38. The van der Waals surface area contributed by atoms with Crippen molar-refractivity contribution in [3.05, 3.63) is 0 Å². The summed E-state index contributed by atoms with van der Waals surface area (Å²) in [5.74, 6) is 5.25. The summed E-state index contributed by atoms with van der Waals surface area (Å²) >= 11 is 0. The molecular weight excluding hydrogens is 196 g/mol. The molecule has 2 fully saturated rings. The largest absolute Gasteiger partial charge is 0.378 e. The number of terminal acetylenes is 1. The van der Waals surface area contributed by atoms with E-state index in [1.165, 1.54) is 25.7 Å². The third-order valence-electron chi connectivity index (χ3n) is 4.85. The first-order valence-electron chi connectivity index (χ1n) is 6.83. The second kappa shape index (κ2) is 4.80. The maximum atomic E-state index is 10.0. The van der Waals surface area contributed by atoms with E-state index in [0.717, 1.165) is 43.4 Å². The Morgan fingerprint density at radius 2 is 1.50 bits per heavy atom. The molecule has 2 aliphatic rings. The summed E-state index contributed by atoms with van der Waals surface area (Å²) in [5.41, 5.74) is -0.779. The summed E-state index contributed by atoms with van der Waals surface area (Å²) in [5, 5.41) is 10.0. The third kappa shape index (κ3) is 2.61. The van der Waals surface area contributed by atoms with E-state index in [9.17, 15) is 5.11 Å². The average Bonchev–Trinajstić information content (AvgIpc) is 2.32. The van der Waals surface area contributed by atoms with Crippen LogP contribution in [0.25, 0.3) is 0 Å². The monoisotopic (exact) mass is 220 g/mol. The second-order valence-corrected chi connectivity index (χ2v) is 6.03. The molecule has 1 N–H and O–H groups in total. The number of hydrogen-bond donors (Lipinski definition) is 1. The highest BCUT2D eigenvalue weighted by Crippen LogP contribution is 2.42. The Kier molecular flexibility index (Phi) is 3.60. The van der Waals surface area contributed by atoms with Crippen molar-refractivity contribution in [1.82, 2.24) is 0 Å². The average molecular weight is 220 g/mol. The summed E-state index contributed by atoms with van der Waals surface area (Å²) in [6.45, 7) is 2.37. The summed E-state index contributed by atoms with van der Waals surface area (Å²) in [6, 6.07) is 0. The van der Waals surface area contributed by atoms with Gasteiger partial charge in [-0.2, -0.15) is 0 Å². The van der Waals surface area contributed by atoms with E-state index in [-0.39, 0.29) is 0 Å². The highest BCUT2D eigenvalue weighted by atomic mass is 16.3. The van der Waals surface area contributed by atoms with Crippen LogP contribution in [0.1, 0.15) is 58.3 Å². The maximum Gasteiger partial charge on any atom is 0.125 e. The van der Waals surface area contributed by atoms with Gasteiger partial charge in [0, 0.05) is 0 Å². The molecule has 0 saturated heterocycles. The van der Waals surface area contributed by atoms with Gasteiger partial charge in [-0.25, -0.2) is 0 Å². The van der Waals surface area contributed by atoms with Gasteiger partial charge in [-0.3, -0.25) is 0 Å². The zero-order chi connectivity index (χ0) is 11.6. The Morgan fingerprint density at radius 3 is 2.00 bits per heavy atom. The van der Waals surface area contributed by atoms with Crippen LogP contribution in [0.15, 0.2) is 0 Å². The van der Waals surface area contributed by atoms with Crippen LogP contribution in [-0.4, -0.2) is 10.7 Å². The van der Waals surface area contributed by atoms with Crippen molar-refractivity contribution < 1.29 is 5.11 Å². The Balaban J connectivity index is 1.83. The fraction of sp³-hybridized carbons (Fsp3) is 0.867. The van der Waals surface area contributed by atoms with Crippen LogP contribution in [0.2, 0.25) is 0 Å². The van der Waals surface area contributed by atoms with Crippen molar-refractivity contribution in [3.8, 4) is 12.3 Å². The molecule has 0 heterocycles. The van der Waals surface area contributed by atoms with Gasteiger partial charge < -0.3 is 5.11 Å². The van der Waals surface area contributed by atoms with E-state index >= 15 is 0 Å². The van der Waals surface area contributed by atoms with Crippen LogP contribution < -0.4 is 0 Å². The minimum Gasteiger partial charge on any atom is -0.378 e. The van der Waals surface area contributed by atoms with Gasteiger partial charge in [-0.1, -0.05) is 25.7 Å². The van der Waals surface area contributed by atoms with E-state index in [0.29, 0.717) is 0 Å². The molecule has 0 aromatic heterocycles. The molecule has 90 valence electrons. The maximum absolute atomic E-state index is 10.0. The molecule has 0 radical (unpaired) electrons. The molecule has 0 aromatic carbocycles. The SMILES string of the molecule is C#CC1(O)CCC(C2CCC(C)CC2)CC1. The predicted molar refractivity (Wildman–Crippen MR) is 66.9 cm³/mol. The smallest absolute Gasteiger partial charge is 0.125 e. The summed E-state index contributed by atoms with van der Waals surface area (Å²) in [6.07, 6.45) is 14.9. The molecule has 0 spiro atoms. The number of rotatable bonds is 1. The van der Waals surface area contributed by atoms with Gasteiger partial charge in [0.15, 0.2) is 0 Å². The van der Waals surface area contributed by atoms with Crippen LogP contribution in [0.4, 0.5) is 0 Å². The van der Waals surface area contributed by atoms with Gasteiger partial charge in [-0.15, -0.1) is 6.42 Å². The molecule has 0 unspecified atom stereocenters. The summed E-state index contributed by atoms with van der Waals surface area (Å²) < 4.78 is 0. The Labute approximate surface area is 99.6 Å². The normalized spacial score (nSPS) is 44.9. The Hall–Kier alpha value is -0.480. The van der Waals surface area contributed by atoms with Gasteiger partial charge in [0.05, 0.1) is 0 Å².